The molecule has 1 rings (SSSR count). The Morgan fingerprint density at radius 3 is 1.27 bits per heavy atom. The van der Waals surface area contributed by atoms with Crippen LogP contribution in [0.4, 0.5) is 0 Å². The first kappa shape index (κ1) is 75.9. The summed E-state index contributed by atoms with van der Waals surface area (Å²) in [7, 11) is 10.3. The lowest BCUT2D eigenvalue weighted by atomic mass is 9.93. The van der Waals surface area contributed by atoms with E-state index >= 15 is 9.59 Å². The highest BCUT2D eigenvalue weighted by molar-refractivity contribution is 5.99. The van der Waals surface area contributed by atoms with Crippen molar-refractivity contribution in [2.45, 2.75) is 223 Å². The molecule has 0 bridgehead atoms. The Morgan fingerprint density at radius 2 is 0.821 bits per heavy atom. The van der Waals surface area contributed by atoms with Crippen molar-refractivity contribution in [3.63, 3.8) is 0 Å². The third kappa shape index (κ3) is 21.8. The summed E-state index contributed by atoms with van der Waals surface area (Å²) in [5.74, 6) is -8.30. The number of hydrogen-bond acceptors (Lipinski definition) is 11. The van der Waals surface area contributed by atoms with Crippen LogP contribution in [0.2, 0.25) is 0 Å². The van der Waals surface area contributed by atoms with Crippen molar-refractivity contribution in [3.8, 4) is 0 Å². The molecule has 480 valence electrons. The van der Waals surface area contributed by atoms with E-state index in [4.69, 9.17) is 0 Å². The number of amides is 11. The van der Waals surface area contributed by atoms with Crippen LogP contribution >= 0.6 is 0 Å². The van der Waals surface area contributed by atoms with E-state index in [0.29, 0.717) is 6.42 Å². The lowest BCUT2D eigenvalue weighted by Gasteiger charge is -2.41. The van der Waals surface area contributed by atoms with Crippen LogP contribution in [-0.2, 0) is 52.7 Å². The number of carbonyl (C=O) groups is 11. The van der Waals surface area contributed by atoms with Gasteiger partial charge in [-0.3, -0.25) is 52.7 Å². The lowest BCUT2D eigenvalue weighted by molar-refractivity contribution is -0.156. The highest BCUT2D eigenvalue weighted by Crippen LogP contribution is 2.25. The van der Waals surface area contributed by atoms with Crippen LogP contribution in [0, 0.1) is 41.4 Å². The number of allylic oxidation sites excluding steroid dienone is 2. The number of hydrogen-bond donors (Lipinski definition) is 4. The highest BCUT2D eigenvalue weighted by Gasteiger charge is 2.44. The number of likely N-dealkylation sites (N-methyl/N-ethyl adjacent to an activating group) is 7. The molecule has 4 N–H and O–H groups in total. The third-order valence-electron chi connectivity index (χ3n) is 15.9. The molecule has 11 amide bonds. The second kappa shape index (κ2) is 34.8. The molecule has 0 spiro atoms. The van der Waals surface area contributed by atoms with Gasteiger partial charge in [0.1, 0.15) is 60.4 Å². The Balaban J connectivity index is 4.27. The molecule has 0 radical (unpaired) electrons. The Bertz CT molecular complexity index is 2290. The van der Waals surface area contributed by atoms with E-state index in [1.54, 1.807) is 34.6 Å². The molecule has 0 aromatic rings. The van der Waals surface area contributed by atoms with Crippen LogP contribution in [0.5, 0.6) is 0 Å². The molecule has 1 fully saturated rings. The zero-order valence-electron chi connectivity index (χ0n) is 55.7. The molecule has 0 aromatic heterocycles. The summed E-state index contributed by atoms with van der Waals surface area (Å²) >= 11 is 0. The van der Waals surface area contributed by atoms with Gasteiger partial charge < -0.3 is 55.6 Å². The van der Waals surface area contributed by atoms with Gasteiger partial charge in [-0.2, -0.15) is 0 Å². The van der Waals surface area contributed by atoms with Crippen LogP contribution in [0.15, 0.2) is 12.2 Å². The fourth-order valence-electron chi connectivity index (χ4n) is 10.6. The molecule has 1 aliphatic heterocycles. The van der Waals surface area contributed by atoms with Gasteiger partial charge in [0, 0.05) is 49.3 Å². The molecule has 22 heteroatoms. The molecule has 22 nitrogen and oxygen atoms in total. The number of rotatable bonds is 15. The standard InChI is InChI=1S/C62H111N11O11/c1-25-27-28-41(15)33-47-55(77)65-44(26-2)58(80)67(18)34-50(74)68(19)45(29-35(3)4)56(78)66-51(39(11)12)61(83)69(20)46(30-36(5)6)54(76)63-42(16)53(75)64-43(17)57(79)71(22)48(31-37(7)8)59(81)72(23)49(32-38(9)10)60(82)73(24)52(40(13)14)62(84)70(47)21/h25,27,35-49,51-52H,26,28-34H2,1-24H3,(H,63,76)(H,64,75)(H,65,77)(H,66,78). The zero-order valence-corrected chi connectivity index (χ0v) is 55.7. The maximum atomic E-state index is 15.1. The quantitative estimate of drug-likeness (QED) is 0.168. The molecule has 1 saturated heterocycles. The number of nitrogens with one attached hydrogen (secondary N) is 4. The summed E-state index contributed by atoms with van der Waals surface area (Å²) < 4.78 is 0. The first-order valence-electron chi connectivity index (χ1n) is 30.5. The third-order valence-corrected chi connectivity index (χ3v) is 15.9. The van der Waals surface area contributed by atoms with Crippen molar-refractivity contribution in [1.82, 2.24) is 55.6 Å². The van der Waals surface area contributed by atoms with Crippen LogP contribution in [-0.4, -0.2) is 216 Å². The molecule has 0 aliphatic carbocycles. The second-order valence-electron chi connectivity index (χ2n) is 26.0. The molecule has 84 heavy (non-hydrogen) atoms. The maximum absolute atomic E-state index is 15.1. The summed E-state index contributed by atoms with van der Waals surface area (Å²) in [6.07, 6.45) is 5.43. The Morgan fingerprint density at radius 1 is 0.429 bits per heavy atom. The predicted molar refractivity (Wildman–Crippen MR) is 327 cm³/mol. The fraction of sp³-hybridized carbons (Fsp3) is 0.790. The van der Waals surface area contributed by atoms with Gasteiger partial charge in [-0.25, -0.2) is 0 Å². The van der Waals surface area contributed by atoms with Gasteiger partial charge in [0.25, 0.3) is 0 Å². The van der Waals surface area contributed by atoms with Gasteiger partial charge in [0.05, 0.1) is 6.54 Å². The summed E-state index contributed by atoms with van der Waals surface area (Å²) in [6.45, 7) is 30.1. The average Bonchev–Trinajstić information content (AvgIpc) is 2.64. The molecule has 0 aromatic carbocycles. The van der Waals surface area contributed by atoms with Crippen molar-refractivity contribution in [2.24, 2.45) is 41.4 Å². The minimum atomic E-state index is -1.21. The molecule has 11 atom stereocenters. The first-order chi connectivity index (χ1) is 38.8. The zero-order chi connectivity index (χ0) is 65.1. The molecule has 1 heterocycles. The van der Waals surface area contributed by atoms with Crippen LogP contribution in [0.1, 0.15) is 163 Å². The van der Waals surface area contributed by atoms with Gasteiger partial charge in [-0.05, 0) is 107 Å². The van der Waals surface area contributed by atoms with E-state index in [-0.39, 0.29) is 68.1 Å². The minimum absolute atomic E-state index is 0.110. The topological polar surface area (TPSA) is 259 Å². The molecular weight excluding hydrogens is 1070 g/mol. The SMILES string of the molecule is CC=CCC(C)CC1C(=O)NC(CC)C(=O)N(C)CC(=O)N(C)C(CC(C)C)C(=O)NC(C(C)C)C(=O)N(C)C(CC(C)C)C(=O)NC(C)C(=O)NC(C)C(=O)N(C)C(CC(C)C)C(=O)N(C)C(CC(C)C)C(=O)N(C)C(C(C)C)C(=O)N1C. The maximum Gasteiger partial charge on any atom is 0.246 e. The molecule has 1 aliphatic rings. The minimum Gasteiger partial charge on any atom is -0.343 e. The monoisotopic (exact) mass is 1190 g/mol. The molecule has 0 saturated carbocycles. The summed E-state index contributed by atoms with van der Waals surface area (Å²) in [6, 6.07) is -11.4. The summed E-state index contributed by atoms with van der Waals surface area (Å²) in [5, 5.41) is 11.1. The number of nitrogens with zero attached hydrogens (tertiary/aromatic N) is 7. The second-order valence-corrected chi connectivity index (χ2v) is 26.0. The van der Waals surface area contributed by atoms with Crippen molar-refractivity contribution in [3.05, 3.63) is 12.2 Å². The fourth-order valence-corrected chi connectivity index (χ4v) is 10.6. The Hall–Kier alpha value is -6.09. The van der Waals surface area contributed by atoms with Crippen molar-refractivity contribution >= 4 is 65.0 Å². The van der Waals surface area contributed by atoms with Crippen molar-refractivity contribution in [2.75, 3.05) is 55.9 Å². The van der Waals surface area contributed by atoms with Gasteiger partial charge in [0.2, 0.25) is 65.0 Å². The van der Waals surface area contributed by atoms with E-state index in [1.807, 2.05) is 81.4 Å². The van der Waals surface area contributed by atoms with E-state index in [9.17, 15) is 43.2 Å². The summed E-state index contributed by atoms with van der Waals surface area (Å²) in [4.78, 5) is 169. The number of carbonyl (C=O) groups excluding carboxylic acids is 11. The first-order valence-corrected chi connectivity index (χ1v) is 30.5. The Labute approximate surface area is 504 Å². The van der Waals surface area contributed by atoms with E-state index in [0.717, 1.165) is 0 Å². The molecule has 11 unspecified atom stereocenters. The molecular formula is C62H111N11O11. The largest absolute Gasteiger partial charge is 0.343 e. The predicted octanol–water partition coefficient (Wildman–Crippen LogP) is 4.30. The van der Waals surface area contributed by atoms with Gasteiger partial charge in [-0.1, -0.05) is 109 Å². The van der Waals surface area contributed by atoms with Crippen molar-refractivity contribution < 1.29 is 52.7 Å². The highest BCUT2D eigenvalue weighted by atomic mass is 16.2. The van der Waals surface area contributed by atoms with Gasteiger partial charge in [-0.15, -0.1) is 0 Å². The summed E-state index contributed by atoms with van der Waals surface area (Å²) in [5.41, 5.74) is 0. The van der Waals surface area contributed by atoms with E-state index in [1.165, 1.54) is 97.5 Å². The van der Waals surface area contributed by atoms with Crippen LogP contribution in [0.3, 0.4) is 0 Å². The van der Waals surface area contributed by atoms with Crippen molar-refractivity contribution in [1.29, 1.82) is 0 Å². The smallest absolute Gasteiger partial charge is 0.246 e. The van der Waals surface area contributed by atoms with Crippen LogP contribution < -0.4 is 21.3 Å². The van der Waals surface area contributed by atoms with E-state index in [2.05, 4.69) is 21.3 Å². The van der Waals surface area contributed by atoms with Gasteiger partial charge in [0.15, 0.2) is 0 Å². The lowest BCUT2D eigenvalue weighted by Crippen LogP contribution is -2.61. The normalized spacial score (nSPS) is 26.7. The van der Waals surface area contributed by atoms with Gasteiger partial charge >= 0.3 is 0 Å². The van der Waals surface area contributed by atoms with Crippen LogP contribution in [0.25, 0.3) is 0 Å². The Kier molecular flexibility index (Phi) is 31.4. The van der Waals surface area contributed by atoms with E-state index < -0.39 is 144 Å². The average molecular weight is 1190 g/mol.